The summed E-state index contributed by atoms with van der Waals surface area (Å²) in [5.41, 5.74) is 6.67. The first-order valence-corrected chi connectivity index (χ1v) is 6.87. The Morgan fingerprint density at radius 2 is 2.00 bits per heavy atom. The van der Waals surface area contributed by atoms with Gasteiger partial charge in [0.2, 0.25) is 5.75 Å². The lowest BCUT2D eigenvalue weighted by atomic mass is 10.0. The highest BCUT2D eigenvalue weighted by Crippen LogP contribution is 2.36. The van der Waals surface area contributed by atoms with Crippen LogP contribution in [0.1, 0.15) is 24.9 Å². The van der Waals surface area contributed by atoms with E-state index in [1.165, 1.54) is 12.1 Å². The zero-order chi connectivity index (χ0) is 15.4. The number of hydrogen-bond acceptors (Lipinski definition) is 4. The predicted octanol–water partition coefficient (Wildman–Crippen LogP) is 4.45. The first-order chi connectivity index (χ1) is 10.0. The number of ether oxygens (including phenoxy) is 1. The minimum Gasteiger partial charge on any atom is -0.450 e. The van der Waals surface area contributed by atoms with Gasteiger partial charge in [0.1, 0.15) is 5.75 Å². The summed E-state index contributed by atoms with van der Waals surface area (Å²) < 4.78 is 5.70. The van der Waals surface area contributed by atoms with E-state index in [1.54, 1.807) is 18.2 Å². The van der Waals surface area contributed by atoms with Crippen LogP contribution in [-0.4, -0.2) is 4.92 Å². The van der Waals surface area contributed by atoms with Crippen molar-refractivity contribution in [2.75, 3.05) is 0 Å². The second-order valence-electron chi connectivity index (χ2n) is 4.52. The van der Waals surface area contributed by atoms with Crippen LogP contribution in [0, 0.1) is 10.1 Å². The van der Waals surface area contributed by atoms with Gasteiger partial charge in [-0.25, -0.2) is 0 Å². The molecule has 2 aromatic carbocycles. The van der Waals surface area contributed by atoms with Crippen molar-refractivity contribution in [3.05, 3.63) is 63.2 Å². The lowest BCUT2D eigenvalue weighted by molar-refractivity contribution is -0.385. The zero-order valence-electron chi connectivity index (χ0n) is 11.5. The Labute approximate surface area is 127 Å². The molecule has 0 aromatic heterocycles. The molecule has 1 atom stereocenters. The van der Waals surface area contributed by atoms with Crippen molar-refractivity contribution < 1.29 is 9.66 Å². The average molecular weight is 307 g/mol. The lowest BCUT2D eigenvalue weighted by Crippen LogP contribution is -2.09. The molecule has 0 fully saturated rings. The van der Waals surface area contributed by atoms with Gasteiger partial charge < -0.3 is 10.5 Å². The third-order valence-electron chi connectivity index (χ3n) is 3.10. The van der Waals surface area contributed by atoms with Gasteiger partial charge in [-0.2, -0.15) is 0 Å². The number of benzene rings is 2. The highest BCUT2D eigenvalue weighted by atomic mass is 35.5. The van der Waals surface area contributed by atoms with Crippen molar-refractivity contribution in [2.45, 2.75) is 19.4 Å². The second-order valence-corrected chi connectivity index (χ2v) is 4.96. The van der Waals surface area contributed by atoms with E-state index in [1.807, 2.05) is 19.1 Å². The third-order valence-corrected chi connectivity index (χ3v) is 3.33. The molecule has 0 radical (unpaired) electrons. The molecule has 0 aliphatic carbocycles. The summed E-state index contributed by atoms with van der Waals surface area (Å²) >= 11 is 5.79. The van der Waals surface area contributed by atoms with Crippen LogP contribution in [0.25, 0.3) is 0 Å². The minimum atomic E-state index is -0.524. The molecule has 0 amide bonds. The van der Waals surface area contributed by atoms with Crippen LogP contribution in [0.3, 0.4) is 0 Å². The molecule has 2 aromatic rings. The Bertz CT molecular complexity index is 661. The quantitative estimate of drug-likeness (QED) is 0.654. The van der Waals surface area contributed by atoms with Crippen LogP contribution in [-0.2, 0) is 0 Å². The number of nitro groups is 1. The van der Waals surface area contributed by atoms with Crippen LogP contribution >= 0.6 is 11.6 Å². The van der Waals surface area contributed by atoms with Crippen molar-refractivity contribution in [1.82, 2.24) is 0 Å². The molecule has 1 unspecified atom stereocenters. The Morgan fingerprint density at radius 1 is 1.29 bits per heavy atom. The average Bonchev–Trinajstić information content (AvgIpc) is 2.48. The first kappa shape index (κ1) is 15.3. The Kier molecular flexibility index (Phi) is 4.77. The van der Waals surface area contributed by atoms with Gasteiger partial charge in [-0.1, -0.05) is 36.7 Å². The first-order valence-electron chi connectivity index (χ1n) is 6.49. The molecular formula is C15H15ClN2O3. The van der Waals surface area contributed by atoms with Gasteiger partial charge in [0.05, 0.1) is 4.92 Å². The minimum absolute atomic E-state index is 0.139. The van der Waals surface area contributed by atoms with Gasteiger partial charge in [0.15, 0.2) is 0 Å². The van der Waals surface area contributed by atoms with Crippen LogP contribution in [0.4, 0.5) is 5.69 Å². The molecule has 110 valence electrons. The van der Waals surface area contributed by atoms with E-state index in [9.17, 15) is 10.1 Å². The third kappa shape index (κ3) is 3.51. The molecule has 0 saturated heterocycles. The molecule has 21 heavy (non-hydrogen) atoms. The van der Waals surface area contributed by atoms with Crippen molar-refractivity contribution >= 4 is 17.3 Å². The number of rotatable bonds is 5. The second kappa shape index (κ2) is 6.56. The molecular weight excluding hydrogens is 292 g/mol. The molecule has 2 N–H and O–H groups in total. The summed E-state index contributed by atoms with van der Waals surface area (Å²) in [5.74, 6) is 0.650. The maximum Gasteiger partial charge on any atom is 0.313 e. The van der Waals surface area contributed by atoms with Crippen molar-refractivity contribution in [3.8, 4) is 11.5 Å². The Balaban J connectivity index is 2.41. The van der Waals surface area contributed by atoms with E-state index < -0.39 is 4.92 Å². The summed E-state index contributed by atoms with van der Waals surface area (Å²) in [6.07, 6.45) is 0.739. The number of nitrogens with two attached hydrogens (primary N) is 1. The fourth-order valence-electron chi connectivity index (χ4n) is 1.94. The maximum atomic E-state index is 11.1. The summed E-state index contributed by atoms with van der Waals surface area (Å²) in [5, 5.41) is 11.4. The van der Waals surface area contributed by atoms with Gasteiger partial charge in [-0.15, -0.1) is 0 Å². The summed E-state index contributed by atoms with van der Waals surface area (Å²) in [4.78, 5) is 10.6. The van der Waals surface area contributed by atoms with Gasteiger partial charge >= 0.3 is 5.69 Å². The standard InChI is InChI=1S/C15H15ClN2O3/c1-2-12(17)11-5-3-4-6-14(11)21-15-8-7-10(16)9-13(15)18(19)20/h3-9,12H,2,17H2,1H3. The fraction of sp³-hybridized carbons (Fsp3) is 0.200. The number of nitro benzene ring substituents is 1. The van der Waals surface area contributed by atoms with Crippen molar-refractivity contribution in [2.24, 2.45) is 5.73 Å². The van der Waals surface area contributed by atoms with E-state index in [0.717, 1.165) is 12.0 Å². The van der Waals surface area contributed by atoms with E-state index in [2.05, 4.69) is 0 Å². The van der Waals surface area contributed by atoms with Crippen LogP contribution in [0.2, 0.25) is 5.02 Å². The molecule has 0 saturated carbocycles. The molecule has 0 spiro atoms. The number of para-hydroxylation sites is 1. The van der Waals surface area contributed by atoms with Crippen molar-refractivity contribution in [3.63, 3.8) is 0 Å². The summed E-state index contributed by atoms with van der Waals surface area (Å²) in [7, 11) is 0. The number of hydrogen-bond donors (Lipinski definition) is 1. The lowest BCUT2D eigenvalue weighted by Gasteiger charge is -2.15. The number of nitrogens with zero attached hydrogens (tertiary/aromatic N) is 1. The van der Waals surface area contributed by atoms with E-state index >= 15 is 0 Å². The van der Waals surface area contributed by atoms with E-state index in [-0.39, 0.29) is 22.5 Å². The molecule has 0 heterocycles. The number of halogens is 1. The fourth-order valence-corrected chi connectivity index (χ4v) is 2.10. The van der Waals surface area contributed by atoms with E-state index in [4.69, 9.17) is 22.1 Å². The molecule has 6 heteroatoms. The molecule has 2 rings (SSSR count). The largest absolute Gasteiger partial charge is 0.450 e. The topological polar surface area (TPSA) is 78.4 Å². The van der Waals surface area contributed by atoms with Gasteiger partial charge in [-0.3, -0.25) is 10.1 Å². The Morgan fingerprint density at radius 3 is 2.67 bits per heavy atom. The highest BCUT2D eigenvalue weighted by molar-refractivity contribution is 6.30. The molecule has 0 aliphatic rings. The summed E-state index contributed by atoms with van der Waals surface area (Å²) in [6.45, 7) is 1.96. The van der Waals surface area contributed by atoms with Crippen LogP contribution in [0.5, 0.6) is 11.5 Å². The monoisotopic (exact) mass is 306 g/mol. The summed E-state index contributed by atoms with van der Waals surface area (Å²) in [6, 6.07) is 11.3. The molecule has 0 aliphatic heterocycles. The van der Waals surface area contributed by atoms with Crippen LogP contribution < -0.4 is 10.5 Å². The molecule has 0 bridgehead atoms. The van der Waals surface area contributed by atoms with Gasteiger partial charge in [0.25, 0.3) is 0 Å². The zero-order valence-corrected chi connectivity index (χ0v) is 12.2. The predicted molar refractivity (Wildman–Crippen MR) is 81.8 cm³/mol. The van der Waals surface area contributed by atoms with Gasteiger partial charge in [-0.05, 0) is 24.6 Å². The Hall–Kier alpha value is -2.11. The highest BCUT2D eigenvalue weighted by Gasteiger charge is 2.18. The normalized spacial score (nSPS) is 12.0. The van der Waals surface area contributed by atoms with Crippen molar-refractivity contribution in [1.29, 1.82) is 0 Å². The smallest absolute Gasteiger partial charge is 0.313 e. The molecule has 5 nitrogen and oxygen atoms in total. The SMILES string of the molecule is CCC(N)c1ccccc1Oc1ccc(Cl)cc1[N+](=O)[O-]. The van der Waals surface area contributed by atoms with E-state index in [0.29, 0.717) is 5.75 Å². The maximum absolute atomic E-state index is 11.1. The van der Waals surface area contributed by atoms with Crippen LogP contribution in [0.15, 0.2) is 42.5 Å². The van der Waals surface area contributed by atoms with Gasteiger partial charge in [0, 0.05) is 22.7 Å².